The van der Waals surface area contributed by atoms with Crippen LogP contribution in [-0.4, -0.2) is 29.2 Å². The molecule has 2 aliphatic rings. The molecule has 1 aliphatic carbocycles. The number of amides is 3. The molecule has 6 heteroatoms. The second-order valence-electron chi connectivity index (χ2n) is 7.50. The van der Waals surface area contributed by atoms with Crippen molar-refractivity contribution in [3.8, 4) is 0 Å². The highest BCUT2D eigenvalue weighted by Crippen LogP contribution is 2.38. The molecule has 3 atom stereocenters. The molecule has 1 aromatic carbocycles. The predicted octanol–water partition coefficient (Wildman–Crippen LogP) is 3.05. The van der Waals surface area contributed by atoms with Gasteiger partial charge in [0, 0.05) is 13.0 Å². The first-order valence-corrected chi connectivity index (χ1v) is 9.88. The van der Waals surface area contributed by atoms with Crippen LogP contribution in [0.3, 0.4) is 0 Å². The van der Waals surface area contributed by atoms with E-state index in [0.717, 1.165) is 31.2 Å². The first-order valence-electron chi connectivity index (χ1n) is 9.88. The Labute approximate surface area is 163 Å². The van der Waals surface area contributed by atoms with Gasteiger partial charge in [-0.25, -0.2) is 0 Å². The Bertz CT molecular complexity index is 823. The highest BCUT2D eigenvalue weighted by atomic mass is 16.3. The van der Waals surface area contributed by atoms with Gasteiger partial charge in [-0.15, -0.1) is 0 Å². The Morgan fingerprint density at radius 3 is 2.32 bits per heavy atom. The van der Waals surface area contributed by atoms with Crippen LogP contribution in [0.15, 0.2) is 53.1 Å². The number of fused-ring (bicyclic) bond motifs is 1. The molecule has 28 heavy (non-hydrogen) atoms. The molecule has 2 fully saturated rings. The summed E-state index contributed by atoms with van der Waals surface area (Å²) in [6.07, 6.45) is 5.22. The van der Waals surface area contributed by atoms with Gasteiger partial charge >= 0.3 is 0 Å². The van der Waals surface area contributed by atoms with Gasteiger partial charge in [-0.2, -0.15) is 0 Å². The molecule has 1 saturated heterocycles. The summed E-state index contributed by atoms with van der Waals surface area (Å²) in [6, 6.07) is 12.8. The number of rotatable bonds is 6. The lowest BCUT2D eigenvalue weighted by Gasteiger charge is -2.19. The summed E-state index contributed by atoms with van der Waals surface area (Å²) < 4.78 is 5.49. The topological polar surface area (TPSA) is 79.6 Å². The first kappa shape index (κ1) is 18.5. The number of carbonyl (C=O) groups is 3. The van der Waals surface area contributed by atoms with Crippen LogP contribution in [-0.2, 0) is 14.4 Å². The summed E-state index contributed by atoms with van der Waals surface area (Å²) in [5.74, 6) is -0.144. The lowest BCUT2D eigenvalue weighted by Crippen LogP contribution is -2.36. The highest BCUT2D eigenvalue weighted by Gasteiger charge is 2.47. The van der Waals surface area contributed by atoms with E-state index in [1.807, 2.05) is 36.4 Å². The molecule has 0 bridgehead atoms. The van der Waals surface area contributed by atoms with Crippen molar-refractivity contribution in [3.63, 3.8) is 0 Å². The average molecular weight is 380 g/mol. The fraction of sp³-hybridized carbons (Fsp3) is 0.409. The van der Waals surface area contributed by atoms with Crippen LogP contribution in [0.5, 0.6) is 0 Å². The van der Waals surface area contributed by atoms with Crippen LogP contribution in [0.4, 0.5) is 0 Å². The molecule has 1 saturated carbocycles. The second kappa shape index (κ2) is 8.00. The number of furan rings is 1. The molecule has 3 amide bonds. The Balaban J connectivity index is 1.41. The number of hydrogen-bond donors (Lipinski definition) is 1. The molecule has 6 nitrogen and oxygen atoms in total. The van der Waals surface area contributed by atoms with Crippen LogP contribution >= 0.6 is 0 Å². The van der Waals surface area contributed by atoms with Crippen LogP contribution in [0.2, 0.25) is 0 Å². The summed E-state index contributed by atoms with van der Waals surface area (Å²) in [5.41, 5.74) is 0.908. The molecule has 146 valence electrons. The summed E-state index contributed by atoms with van der Waals surface area (Å²) >= 11 is 0. The van der Waals surface area contributed by atoms with Gasteiger partial charge in [0.25, 0.3) is 0 Å². The molecule has 0 unspecified atom stereocenters. The van der Waals surface area contributed by atoms with E-state index in [2.05, 4.69) is 5.32 Å². The normalized spacial score (nSPS) is 22.8. The number of nitrogens with one attached hydrogen (secondary N) is 1. The van der Waals surface area contributed by atoms with Gasteiger partial charge in [-0.3, -0.25) is 19.3 Å². The third-order valence-corrected chi connectivity index (χ3v) is 5.76. The zero-order chi connectivity index (χ0) is 19.5. The van der Waals surface area contributed by atoms with Gasteiger partial charge in [0.1, 0.15) is 11.8 Å². The van der Waals surface area contributed by atoms with E-state index in [1.54, 1.807) is 12.3 Å². The van der Waals surface area contributed by atoms with E-state index in [4.69, 9.17) is 4.42 Å². The summed E-state index contributed by atoms with van der Waals surface area (Å²) in [6.45, 7) is 0.135. The van der Waals surface area contributed by atoms with E-state index in [1.165, 1.54) is 4.90 Å². The predicted molar refractivity (Wildman–Crippen MR) is 102 cm³/mol. The number of likely N-dealkylation sites (tertiary alicyclic amines) is 1. The molecule has 2 aromatic rings. The Morgan fingerprint density at radius 1 is 1.04 bits per heavy atom. The Morgan fingerprint density at radius 2 is 1.71 bits per heavy atom. The van der Waals surface area contributed by atoms with Crippen molar-refractivity contribution in [2.24, 2.45) is 11.8 Å². The number of nitrogens with zero attached hydrogens (tertiary/aromatic N) is 1. The standard InChI is InChI=1S/C22H24N2O4/c25-19(12-13-24-21(26)16-9-4-5-10-17(16)22(24)27)23-20(18-11-6-14-28-18)15-7-2-1-3-8-15/h1-3,6-8,11,14,16-17,20H,4-5,9-10,12-13H2,(H,23,25)/t16-,17-,20-/m0/s1. The molecule has 0 spiro atoms. The molecular weight excluding hydrogens is 356 g/mol. The largest absolute Gasteiger partial charge is 0.467 e. The lowest BCUT2D eigenvalue weighted by molar-refractivity contribution is -0.140. The third kappa shape index (κ3) is 3.59. The van der Waals surface area contributed by atoms with Crippen molar-refractivity contribution in [3.05, 3.63) is 60.1 Å². The van der Waals surface area contributed by atoms with Gasteiger partial charge in [0.15, 0.2) is 0 Å². The van der Waals surface area contributed by atoms with Gasteiger partial charge < -0.3 is 9.73 Å². The van der Waals surface area contributed by atoms with Gasteiger partial charge in [0.05, 0.1) is 18.1 Å². The zero-order valence-electron chi connectivity index (χ0n) is 15.7. The maximum absolute atomic E-state index is 12.6. The number of carbonyl (C=O) groups excluding carboxylic acids is 3. The van der Waals surface area contributed by atoms with Crippen molar-refractivity contribution < 1.29 is 18.8 Å². The quantitative estimate of drug-likeness (QED) is 0.781. The fourth-order valence-corrected chi connectivity index (χ4v) is 4.32. The minimum Gasteiger partial charge on any atom is -0.467 e. The molecule has 0 radical (unpaired) electrons. The van der Waals surface area contributed by atoms with Gasteiger partial charge in [-0.1, -0.05) is 43.2 Å². The highest BCUT2D eigenvalue weighted by molar-refractivity contribution is 6.05. The summed E-state index contributed by atoms with van der Waals surface area (Å²) in [7, 11) is 0. The van der Waals surface area contributed by atoms with E-state index in [-0.39, 0.29) is 42.5 Å². The van der Waals surface area contributed by atoms with Gasteiger partial charge in [-0.05, 0) is 30.5 Å². The van der Waals surface area contributed by atoms with E-state index < -0.39 is 6.04 Å². The average Bonchev–Trinajstić information content (AvgIpc) is 3.34. The second-order valence-corrected chi connectivity index (χ2v) is 7.50. The van der Waals surface area contributed by atoms with Crippen LogP contribution in [0.1, 0.15) is 49.5 Å². The van der Waals surface area contributed by atoms with Crippen LogP contribution in [0.25, 0.3) is 0 Å². The number of benzene rings is 1. The van der Waals surface area contributed by atoms with Crippen molar-refractivity contribution in [1.82, 2.24) is 10.2 Å². The third-order valence-electron chi connectivity index (χ3n) is 5.76. The SMILES string of the molecule is O=C(CCN1C(=O)[C@H]2CCCC[C@@H]2C1=O)N[C@@H](c1ccccc1)c1ccco1. The smallest absolute Gasteiger partial charge is 0.233 e. The number of hydrogen-bond acceptors (Lipinski definition) is 4. The van der Waals surface area contributed by atoms with Gasteiger partial charge in [0.2, 0.25) is 17.7 Å². The first-order chi connectivity index (χ1) is 13.6. The minimum atomic E-state index is -0.406. The Hall–Kier alpha value is -2.89. The van der Waals surface area contributed by atoms with Crippen LogP contribution in [0, 0.1) is 11.8 Å². The molecule has 4 rings (SSSR count). The van der Waals surface area contributed by atoms with E-state index in [0.29, 0.717) is 5.76 Å². The number of imide groups is 1. The van der Waals surface area contributed by atoms with E-state index >= 15 is 0 Å². The molecule has 1 aromatic heterocycles. The maximum atomic E-state index is 12.6. The van der Waals surface area contributed by atoms with Crippen molar-refractivity contribution >= 4 is 17.7 Å². The minimum absolute atomic E-state index is 0.0843. The molecule has 2 heterocycles. The molecular formula is C22H24N2O4. The zero-order valence-corrected chi connectivity index (χ0v) is 15.7. The van der Waals surface area contributed by atoms with Crippen LogP contribution < -0.4 is 5.32 Å². The van der Waals surface area contributed by atoms with Crippen molar-refractivity contribution in [2.75, 3.05) is 6.54 Å². The van der Waals surface area contributed by atoms with E-state index in [9.17, 15) is 14.4 Å². The monoisotopic (exact) mass is 380 g/mol. The fourth-order valence-electron chi connectivity index (χ4n) is 4.32. The molecule has 1 aliphatic heterocycles. The summed E-state index contributed by atoms with van der Waals surface area (Å²) in [5, 5.41) is 2.97. The lowest BCUT2D eigenvalue weighted by atomic mass is 9.81. The van der Waals surface area contributed by atoms with Crippen molar-refractivity contribution in [1.29, 1.82) is 0 Å². The Kier molecular flexibility index (Phi) is 5.28. The van der Waals surface area contributed by atoms with Crippen molar-refractivity contribution in [2.45, 2.75) is 38.1 Å². The maximum Gasteiger partial charge on any atom is 0.233 e. The summed E-state index contributed by atoms with van der Waals surface area (Å²) in [4.78, 5) is 39.0. The molecule has 1 N–H and O–H groups in total.